The van der Waals surface area contributed by atoms with Crippen molar-refractivity contribution >= 4 is 62.1 Å². The van der Waals surface area contributed by atoms with E-state index >= 15 is 0 Å². The summed E-state index contributed by atoms with van der Waals surface area (Å²) < 4.78 is 13.8. The van der Waals surface area contributed by atoms with Crippen molar-refractivity contribution in [2.24, 2.45) is 0 Å². The van der Waals surface area contributed by atoms with Gasteiger partial charge in [-0.3, -0.25) is 15.0 Å². The molecule has 25 heavy (non-hydrogen) atoms. The number of amides is 2. The first-order chi connectivity index (χ1) is 12.0. The fourth-order valence-electron chi connectivity index (χ4n) is 2.07. The summed E-state index contributed by atoms with van der Waals surface area (Å²) in [5, 5.41) is 1.04. The lowest BCUT2D eigenvalue weighted by Gasteiger charge is -2.15. The smallest absolute Gasteiger partial charge is 0.267 e. The van der Waals surface area contributed by atoms with E-state index in [0.29, 0.717) is 20.5 Å². The predicted octanol–water partition coefficient (Wildman–Crippen LogP) is 4.13. The highest BCUT2D eigenvalue weighted by Gasteiger charge is 2.33. The van der Waals surface area contributed by atoms with Gasteiger partial charge in [-0.25, -0.2) is 4.39 Å². The lowest BCUT2D eigenvalue weighted by atomic mass is 10.2. The Hall–Kier alpha value is -2.03. The van der Waals surface area contributed by atoms with Crippen molar-refractivity contribution in [3.8, 4) is 0 Å². The molecular formula is C17H10BrFN2O2S2. The Bertz CT molecular complexity index is 903. The summed E-state index contributed by atoms with van der Waals surface area (Å²) in [6.07, 6.45) is 1.60. The molecule has 8 heteroatoms. The van der Waals surface area contributed by atoms with Gasteiger partial charge >= 0.3 is 0 Å². The van der Waals surface area contributed by atoms with Gasteiger partial charge in [0.05, 0.1) is 9.38 Å². The van der Waals surface area contributed by atoms with Gasteiger partial charge in [0.25, 0.3) is 11.8 Å². The molecule has 0 spiro atoms. The lowest BCUT2D eigenvalue weighted by molar-refractivity contribution is -0.123. The van der Waals surface area contributed by atoms with Crippen molar-refractivity contribution in [2.45, 2.75) is 0 Å². The zero-order valence-corrected chi connectivity index (χ0v) is 15.8. The third kappa shape index (κ3) is 3.97. The molecule has 1 saturated heterocycles. The number of thioether (sulfide) groups is 1. The summed E-state index contributed by atoms with van der Waals surface area (Å²) in [5.74, 6) is -1.25. The van der Waals surface area contributed by atoms with Crippen LogP contribution in [0.5, 0.6) is 0 Å². The van der Waals surface area contributed by atoms with Crippen LogP contribution in [0.25, 0.3) is 6.08 Å². The molecule has 0 saturated carbocycles. The lowest BCUT2D eigenvalue weighted by Crippen LogP contribution is -2.44. The number of rotatable bonds is 3. The Labute approximate surface area is 161 Å². The normalized spacial score (nSPS) is 15.8. The molecule has 0 atom stereocenters. The van der Waals surface area contributed by atoms with Crippen molar-refractivity contribution in [2.75, 3.05) is 0 Å². The number of halogens is 2. The molecule has 3 rings (SSSR count). The van der Waals surface area contributed by atoms with Crippen LogP contribution in [0, 0.1) is 5.82 Å². The van der Waals surface area contributed by atoms with Gasteiger partial charge in [0.2, 0.25) is 0 Å². The Morgan fingerprint density at radius 2 is 1.96 bits per heavy atom. The van der Waals surface area contributed by atoms with Gasteiger partial charge < -0.3 is 0 Å². The highest BCUT2D eigenvalue weighted by atomic mass is 79.9. The van der Waals surface area contributed by atoms with Crippen molar-refractivity contribution in [1.82, 2.24) is 10.4 Å². The van der Waals surface area contributed by atoms with Crippen LogP contribution in [0.4, 0.5) is 4.39 Å². The number of benzene rings is 2. The van der Waals surface area contributed by atoms with E-state index in [2.05, 4.69) is 21.4 Å². The van der Waals surface area contributed by atoms with Gasteiger partial charge in [-0.1, -0.05) is 36.0 Å². The zero-order chi connectivity index (χ0) is 18.0. The maximum atomic E-state index is 13.3. The molecule has 4 nitrogen and oxygen atoms in total. The number of hydrogen-bond acceptors (Lipinski definition) is 4. The molecule has 2 aromatic rings. The monoisotopic (exact) mass is 436 g/mol. The second kappa shape index (κ2) is 7.47. The minimum absolute atomic E-state index is 0.224. The first kappa shape index (κ1) is 17.8. The van der Waals surface area contributed by atoms with Crippen LogP contribution in [0.2, 0.25) is 0 Å². The van der Waals surface area contributed by atoms with E-state index in [0.717, 1.165) is 16.8 Å². The van der Waals surface area contributed by atoms with E-state index in [9.17, 15) is 14.0 Å². The second-order valence-corrected chi connectivity index (χ2v) is 7.53. The summed E-state index contributed by atoms with van der Waals surface area (Å²) in [5.41, 5.74) is 3.56. The molecule has 0 unspecified atom stereocenters. The molecule has 0 aromatic heterocycles. The molecule has 0 aliphatic carbocycles. The summed E-state index contributed by atoms with van der Waals surface area (Å²) in [7, 11) is 0. The third-order valence-electron chi connectivity index (χ3n) is 3.28. The van der Waals surface area contributed by atoms with E-state index in [1.165, 1.54) is 6.07 Å². The maximum Gasteiger partial charge on any atom is 0.285 e. The fraction of sp³-hybridized carbons (Fsp3) is 0. The number of hydrogen-bond donors (Lipinski definition) is 1. The molecule has 1 aliphatic heterocycles. The highest BCUT2D eigenvalue weighted by Crippen LogP contribution is 2.32. The van der Waals surface area contributed by atoms with Crippen LogP contribution in [-0.4, -0.2) is 21.1 Å². The molecule has 1 aliphatic rings. The molecule has 1 N–H and O–H groups in total. The number of nitrogens with one attached hydrogen (secondary N) is 1. The fourth-order valence-corrected chi connectivity index (χ4v) is 3.65. The minimum atomic E-state index is -0.431. The maximum absolute atomic E-state index is 13.3. The molecule has 0 bridgehead atoms. The summed E-state index contributed by atoms with van der Waals surface area (Å²) in [6.45, 7) is 0. The average Bonchev–Trinajstić information content (AvgIpc) is 2.86. The van der Waals surface area contributed by atoms with Crippen molar-refractivity contribution in [3.63, 3.8) is 0 Å². The minimum Gasteiger partial charge on any atom is -0.267 e. The molecule has 2 amide bonds. The van der Waals surface area contributed by atoms with E-state index in [-0.39, 0.29) is 10.1 Å². The molecular weight excluding hydrogens is 427 g/mol. The zero-order valence-electron chi connectivity index (χ0n) is 12.5. The first-order valence-corrected chi connectivity index (χ1v) is 9.06. The SMILES string of the molecule is O=C(NN1C(=O)/C(=C/c2ccc(F)c(Br)c2)SC1=S)c1ccccc1. The quantitative estimate of drug-likeness (QED) is 0.580. The van der Waals surface area contributed by atoms with Gasteiger partial charge in [-0.2, -0.15) is 5.01 Å². The second-order valence-electron chi connectivity index (χ2n) is 5.00. The molecule has 1 heterocycles. The van der Waals surface area contributed by atoms with Crippen LogP contribution in [-0.2, 0) is 4.79 Å². The molecule has 0 radical (unpaired) electrons. The number of nitrogens with zero attached hydrogens (tertiary/aromatic N) is 1. The van der Waals surface area contributed by atoms with E-state index < -0.39 is 11.8 Å². The first-order valence-electron chi connectivity index (χ1n) is 7.05. The van der Waals surface area contributed by atoms with Gasteiger partial charge in [-0.05, 0) is 64.1 Å². The number of hydrazine groups is 1. The summed E-state index contributed by atoms with van der Waals surface area (Å²) in [4.78, 5) is 25.0. The standard InChI is InChI=1S/C17H10BrFN2O2S2/c18-12-8-10(6-7-13(12)19)9-14-16(23)21(17(24)25-14)20-15(22)11-4-2-1-3-5-11/h1-9H,(H,20,22)/b14-9-. The topological polar surface area (TPSA) is 49.4 Å². The third-order valence-corrected chi connectivity index (χ3v) is 5.19. The predicted molar refractivity (Wildman–Crippen MR) is 103 cm³/mol. The van der Waals surface area contributed by atoms with Gasteiger partial charge in [0.1, 0.15) is 5.82 Å². The average molecular weight is 437 g/mol. The number of thiocarbonyl (C=S) groups is 1. The van der Waals surface area contributed by atoms with Crippen molar-refractivity contribution < 1.29 is 14.0 Å². The van der Waals surface area contributed by atoms with Gasteiger partial charge in [0, 0.05) is 5.56 Å². The van der Waals surface area contributed by atoms with Crippen LogP contribution in [0.15, 0.2) is 57.9 Å². The number of carbonyl (C=O) groups is 2. The van der Waals surface area contributed by atoms with Crippen LogP contribution < -0.4 is 5.43 Å². The summed E-state index contributed by atoms with van der Waals surface area (Å²) in [6, 6.07) is 12.9. The van der Waals surface area contributed by atoms with Crippen LogP contribution in [0.3, 0.4) is 0 Å². The Morgan fingerprint density at radius 1 is 1.24 bits per heavy atom. The van der Waals surface area contributed by atoms with E-state index in [4.69, 9.17) is 12.2 Å². The molecule has 1 fully saturated rings. The molecule has 126 valence electrons. The van der Waals surface area contributed by atoms with Crippen LogP contribution >= 0.6 is 39.9 Å². The Balaban J connectivity index is 1.79. The van der Waals surface area contributed by atoms with E-state index in [1.807, 2.05) is 0 Å². The Kier molecular flexibility index (Phi) is 5.31. The van der Waals surface area contributed by atoms with E-state index in [1.54, 1.807) is 48.5 Å². The largest absolute Gasteiger partial charge is 0.285 e. The Morgan fingerprint density at radius 3 is 2.64 bits per heavy atom. The van der Waals surface area contributed by atoms with Gasteiger partial charge in [-0.15, -0.1) is 0 Å². The number of carbonyl (C=O) groups excluding carboxylic acids is 2. The molecule has 2 aromatic carbocycles. The van der Waals surface area contributed by atoms with Gasteiger partial charge in [0.15, 0.2) is 4.32 Å². The highest BCUT2D eigenvalue weighted by molar-refractivity contribution is 9.10. The summed E-state index contributed by atoms with van der Waals surface area (Å²) >= 11 is 9.34. The van der Waals surface area contributed by atoms with Crippen LogP contribution in [0.1, 0.15) is 15.9 Å². The van der Waals surface area contributed by atoms with Crippen molar-refractivity contribution in [1.29, 1.82) is 0 Å². The van der Waals surface area contributed by atoms with Crippen molar-refractivity contribution in [3.05, 3.63) is 74.9 Å².